The lowest BCUT2D eigenvalue weighted by atomic mass is 10.1. The molecule has 2 heterocycles. The molecule has 0 amide bonds. The van der Waals surface area contributed by atoms with Gasteiger partial charge >= 0.3 is 5.69 Å². The average Bonchev–Trinajstić information content (AvgIpc) is 2.97. The Bertz CT molecular complexity index is 841. The third kappa shape index (κ3) is 3.33. The van der Waals surface area contributed by atoms with Crippen LogP contribution in [0, 0.1) is 0 Å². The minimum Gasteiger partial charge on any atom is -0.325 e. The first-order valence-corrected chi connectivity index (χ1v) is 7.78. The smallest absolute Gasteiger partial charge is 0.325 e. The highest BCUT2D eigenvalue weighted by molar-refractivity contribution is 5.77. The number of ketones is 1. The largest absolute Gasteiger partial charge is 0.332 e. The minimum absolute atomic E-state index is 0.164. The third-order valence-electron chi connectivity index (χ3n) is 3.91. The van der Waals surface area contributed by atoms with Crippen LogP contribution in [-0.2, 0) is 24.9 Å². The number of Topliss-reactive ketones (excluding diaryl/α,β-unsaturated/α-hetero) is 1. The Kier molecular flexibility index (Phi) is 5.31. The normalized spacial score (nSPS) is 11.0. The monoisotopic (exact) mass is 318 g/mol. The molecule has 0 saturated heterocycles. The van der Waals surface area contributed by atoms with Crippen molar-refractivity contribution < 1.29 is 4.79 Å². The fourth-order valence-corrected chi connectivity index (χ4v) is 2.56. The topological polar surface area (TPSA) is 78.9 Å². The Morgan fingerprint density at radius 3 is 2.74 bits per heavy atom. The van der Waals surface area contributed by atoms with E-state index in [4.69, 9.17) is 0 Å². The summed E-state index contributed by atoms with van der Waals surface area (Å²) in [6.45, 7) is 6.19. The molecular formula is C16H22N4O3. The highest BCUT2D eigenvalue weighted by Crippen LogP contribution is 2.08. The number of rotatable bonds is 8. The van der Waals surface area contributed by atoms with Gasteiger partial charge in [0.25, 0.3) is 5.56 Å². The van der Waals surface area contributed by atoms with Gasteiger partial charge in [0, 0.05) is 33.0 Å². The van der Waals surface area contributed by atoms with Gasteiger partial charge in [-0.05, 0) is 12.8 Å². The highest BCUT2D eigenvalue weighted by atomic mass is 16.2. The van der Waals surface area contributed by atoms with E-state index in [1.54, 1.807) is 17.9 Å². The van der Waals surface area contributed by atoms with Gasteiger partial charge in [0.1, 0.15) is 5.78 Å². The fraction of sp³-hybridized carbons (Fsp3) is 0.500. The lowest BCUT2D eigenvalue weighted by Crippen LogP contribution is -2.39. The van der Waals surface area contributed by atoms with Crippen molar-refractivity contribution in [2.24, 2.45) is 7.05 Å². The van der Waals surface area contributed by atoms with Crippen LogP contribution in [0.15, 0.2) is 28.6 Å². The van der Waals surface area contributed by atoms with Gasteiger partial charge in [0.2, 0.25) is 0 Å². The molecule has 0 saturated carbocycles. The Morgan fingerprint density at radius 1 is 1.35 bits per heavy atom. The first-order chi connectivity index (χ1) is 11.0. The van der Waals surface area contributed by atoms with Gasteiger partial charge in [-0.15, -0.1) is 6.58 Å². The van der Waals surface area contributed by atoms with Crippen molar-refractivity contribution in [1.29, 1.82) is 0 Å². The molecule has 2 aromatic rings. The van der Waals surface area contributed by atoms with Crippen molar-refractivity contribution in [3.63, 3.8) is 0 Å². The highest BCUT2D eigenvalue weighted by Gasteiger charge is 2.15. The zero-order chi connectivity index (χ0) is 17.0. The lowest BCUT2D eigenvalue weighted by Gasteiger charge is -2.08. The molecule has 0 aliphatic carbocycles. The molecule has 0 bridgehead atoms. The number of allylic oxidation sites excluding steroid dienone is 1. The number of fused-ring (bicyclic) bond motifs is 1. The Hall–Kier alpha value is -2.44. The van der Waals surface area contributed by atoms with E-state index < -0.39 is 5.69 Å². The molecule has 23 heavy (non-hydrogen) atoms. The average molecular weight is 318 g/mol. The summed E-state index contributed by atoms with van der Waals surface area (Å²) in [5.41, 5.74) is 0.0343. The number of hydrogen-bond donors (Lipinski definition) is 0. The second-order valence-corrected chi connectivity index (χ2v) is 5.51. The molecule has 0 fully saturated rings. The molecule has 0 radical (unpaired) electrons. The SMILES string of the molecule is C=CCn1c(=O)c2c(ncn2CCCCC(=O)CC)n(C)c1=O. The van der Waals surface area contributed by atoms with Gasteiger partial charge in [0.15, 0.2) is 11.2 Å². The standard InChI is InChI=1S/C16H22N4O3/c1-4-9-20-15(22)13-14(18(3)16(20)23)17-11-19(13)10-7-6-8-12(21)5-2/h4,11H,1,5-10H2,2-3H3. The van der Waals surface area contributed by atoms with E-state index in [-0.39, 0.29) is 17.9 Å². The maximum atomic E-state index is 12.5. The van der Waals surface area contributed by atoms with Crippen LogP contribution >= 0.6 is 0 Å². The van der Waals surface area contributed by atoms with Crippen LogP contribution in [-0.4, -0.2) is 24.5 Å². The van der Waals surface area contributed by atoms with Gasteiger partial charge in [-0.2, -0.15) is 0 Å². The molecule has 0 aromatic carbocycles. The molecule has 2 rings (SSSR count). The second kappa shape index (κ2) is 7.21. The van der Waals surface area contributed by atoms with Crippen LogP contribution in [0.25, 0.3) is 11.2 Å². The number of imidazole rings is 1. The molecule has 0 atom stereocenters. The maximum Gasteiger partial charge on any atom is 0.332 e. The van der Waals surface area contributed by atoms with Gasteiger partial charge in [-0.1, -0.05) is 13.0 Å². The van der Waals surface area contributed by atoms with Gasteiger partial charge in [0.05, 0.1) is 6.33 Å². The summed E-state index contributed by atoms with van der Waals surface area (Å²) < 4.78 is 4.28. The molecule has 0 aliphatic heterocycles. The molecule has 0 aliphatic rings. The number of unbranched alkanes of at least 4 members (excludes halogenated alkanes) is 1. The second-order valence-electron chi connectivity index (χ2n) is 5.51. The lowest BCUT2D eigenvalue weighted by molar-refractivity contribution is -0.118. The summed E-state index contributed by atoms with van der Waals surface area (Å²) in [7, 11) is 1.60. The zero-order valence-electron chi connectivity index (χ0n) is 13.6. The third-order valence-corrected chi connectivity index (χ3v) is 3.91. The minimum atomic E-state index is -0.402. The molecule has 0 N–H and O–H groups in total. The number of carbonyl (C=O) groups is 1. The van der Waals surface area contributed by atoms with E-state index in [0.29, 0.717) is 30.6 Å². The van der Waals surface area contributed by atoms with E-state index in [1.807, 2.05) is 6.92 Å². The van der Waals surface area contributed by atoms with Crippen molar-refractivity contribution in [2.45, 2.75) is 45.7 Å². The molecule has 0 unspecified atom stereocenters. The van der Waals surface area contributed by atoms with E-state index in [2.05, 4.69) is 11.6 Å². The van der Waals surface area contributed by atoms with E-state index in [0.717, 1.165) is 17.4 Å². The number of nitrogens with zero attached hydrogens (tertiary/aromatic N) is 4. The van der Waals surface area contributed by atoms with Crippen molar-refractivity contribution in [1.82, 2.24) is 18.7 Å². The number of carbonyl (C=O) groups excluding carboxylic acids is 1. The molecule has 7 heteroatoms. The van der Waals surface area contributed by atoms with E-state index in [1.165, 1.54) is 10.6 Å². The van der Waals surface area contributed by atoms with Crippen LogP contribution in [0.5, 0.6) is 0 Å². The summed E-state index contributed by atoms with van der Waals surface area (Å²) >= 11 is 0. The molecule has 2 aromatic heterocycles. The Balaban J connectivity index is 2.32. The van der Waals surface area contributed by atoms with Crippen molar-refractivity contribution in [3.05, 3.63) is 39.8 Å². The summed E-state index contributed by atoms with van der Waals surface area (Å²) in [5.74, 6) is 0.247. The van der Waals surface area contributed by atoms with E-state index >= 15 is 0 Å². The number of hydrogen-bond acceptors (Lipinski definition) is 4. The first-order valence-electron chi connectivity index (χ1n) is 7.78. The Morgan fingerprint density at radius 2 is 2.09 bits per heavy atom. The first kappa shape index (κ1) is 16.9. The van der Waals surface area contributed by atoms with Gasteiger partial charge in [-0.3, -0.25) is 18.7 Å². The zero-order valence-corrected chi connectivity index (χ0v) is 13.6. The summed E-state index contributed by atoms with van der Waals surface area (Å²) in [5, 5.41) is 0. The predicted octanol–water partition coefficient (Wildman–Crippen LogP) is 1.23. The van der Waals surface area contributed by atoms with Gasteiger partial charge in [-0.25, -0.2) is 9.78 Å². The maximum absolute atomic E-state index is 12.5. The summed E-state index contributed by atoms with van der Waals surface area (Å²) in [6.07, 6.45) is 5.77. The molecule has 0 spiro atoms. The van der Waals surface area contributed by atoms with Crippen molar-refractivity contribution in [2.75, 3.05) is 0 Å². The van der Waals surface area contributed by atoms with E-state index in [9.17, 15) is 14.4 Å². The van der Waals surface area contributed by atoms with Crippen LogP contribution in [0.3, 0.4) is 0 Å². The summed E-state index contributed by atoms with van der Waals surface area (Å²) in [4.78, 5) is 40.2. The van der Waals surface area contributed by atoms with Crippen LogP contribution in [0.1, 0.15) is 32.6 Å². The van der Waals surface area contributed by atoms with Gasteiger partial charge < -0.3 is 4.57 Å². The molecule has 124 valence electrons. The summed E-state index contributed by atoms with van der Waals surface area (Å²) in [6, 6.07) is 0. The fourth-order valence-electron chi connectivity index (χ4n) is 2.56. The van der Waals surface area contributed by atoms with Crippen molar-refractivity contribution >= 4 is 16.9 Å². The number of aromatic nitrogens is 4. The number of aryl methyl sites for hydroxylation is 2. The van der Waals surface area contributed by atoms with Crippen LogP contribution in [0.4, 0.5) is 0 Å². The van der Waals surface area contributed by atoms with Crippen molar-refractivity contribution in [3.8, 4) is 0 Å². The predicted molar refractivity (Wildman–Crippen MR) is 88.6 cm³/mol. The van der Waals surface area contributed by atoms with Crippen LogP contribution in [0.2, 0.25) is 0 Å². The Labute approximate surface area is 133 Å². The quantitative estimate of drug-likeness (QED) is 0.542. The van der Waals surface area contributed by atoms with Crippen LogP contribution < -0.4 is 11.2 Å². The molecule has 7 nitrogen and oxygen atoms in total. The molecular weight excluding hydrogens is 296 g/mol.